The lowest BCUT2D eigenvalue weighted by molar-refractivity contribution is -0.130. The van der Waals surface area contributed by atoms with Crippen LogP contribution in [-0.2, 0) is 11.3 Å². The van der Waals surface area contributed by atoms with E-state index in [1.165, 1.54) is 0 Å². The third-order valence-electron chi connectivity index (χ3n) is 3.76. The van der Waals surface area contributed by atoms with Gasteiger partial charge in [-0.25, -0.2) is 4.79 Å². The van der Waals surface area contributed by atoms with E-state index in [9.17, 15) is 14.4 Å². The Morgan fingerprint density at radius 3 is 2.81 bits per heavy atom. The number of carbonyl (C=O) groups excluding carboxylic acids is 1. The molecule has 1 aromatic carbocycles. The maximum absolute atomic E-state index is 12.3. The molecule has 0 spiro atoms. The number of amides is 1. The van der Waals surface area contributed by atoms with Gasteiger partial charge in [0.15, 0.2) is 0 Å². The molecular weight excluding hydrogens is 272 g/mol. The third kappa shape index (κ3) is 2.47. The molecule has 0 aliphatic carbocycles. The van der Waals surface area contributed by atoms with Crippen LogP contribution in [0.15, 0.2) is 33.9 Å². The Kier molecular flexibility index (Phi) is 3.34. The first-order valence-electron chi connectivity index (χ1n) is 6.81. The number of aromatic nitrogens is 2. The summed E-state index contributed by atoms with van der Waals surface area (Å²) in [6.07, 6.45) is 0.745. The molecule has 1 aromatic heterocycles. The van der Waals surface area contributed by atoms with Gasteiger partial charge in [-0.15, -0.1) is 0 Å². The fourth-order valence-electron chi connectivity index (χ4n) is 2.59. The largest absolute Gasteiger partial charge is 0.340 e. The number of rotatable bonds is 2. The van der Waals surface area contributed by atoms with Crippen molar-refractivity contribution in [3.05, 3.63) is 45.1 Å². The van der Waals surface area contributed by atoms with E-state index < -0.39 is 11.2 Å². The molecule has 1 aliphatic heterocycles. The summed E-state index contributed by atoms with van der Waals surface area (Å²) in [4.78, 5) is 40.7. The van der Waals surface area contributed by atoms with Gasteiger partial charge in [-0.3, -0.25) is 14.2 Å². The minimum atomic E-state index is -0.574. The third-order valence-corrected chi connectivity index (χ3v) is 3.76. The number of nitrogens with two attached hydrogens (primary N) is 1. The standard InChI is InChI=1S/C14H16N4O3/c15-9-5-6-17(7-9)12(19)8-18-13(20)10-3-1-2-4-11(10)16-14(18)21/h1-4,9H,5-8,15H2,(H,16,21). The number of likely N-dealkylation sites (tertiary alicyclic amines) is 1. The zero-order chi connectivity index (χ0) is 15.0. The highest BCUT2D eigenvalue weighted by molar-refractivity contribution is 5.79. The fraction of sp³-hybridized carbons (Fsp3) is 0.357. The van der Waals surface area contributed by atoms with Gasteiger partial charge in [0.05, 0.1) is 10.9 Å². The summed E-state index contributed by atoms with van der Waals surface area (Å²) in [5.41, 5.74) is 5.21. The minimum absolute atomic E-state index is 0.0273. The Hall–Kier alpha value is -2.41. The van der Waals surface area contributed by atoms with Crippen LogP contribution in [-0.4, -0.2) is 39.5 Å². The molecule has 1 fully saturated rings. The average molecular weight is 288 g/mol. The Morgan fingerprint density at radius 2 is 2.10 bits per heavy atom. The van der Waals surface area contributed by atoms with E-state index in [-0.39, 0.29) is 18.5 Å². The highest BCUT2D eigenvalue weighted by Gasteiger charge is 2.24. The molecule has 1 aliphatic rings. The van der Waals surface area contributed by atoms with Crippen molar-refractivity contribution in [3.63, 3.8) is 0 Å². The summed E-state index contributed by atoms with van der Waals surface area (Å²) < 4.78 is 0.939. The molecule has 2 heterocycles. The number of H-pyrrole nitrogens is 1. The molecule has 1 atom stereocenters. The lowest BCUT2D eigenvalue weighted by Gasteiger charge is -2.16. The number of carbonyl (C=O) groups is 1. The van der Waals surface area contributed by atoms with Crippen LogP contribution in [0.4, 0.5) is 0 Å². The van der Waals surface area contributed by atoms with E-state index in [0.717, 1.165) is 11.0 Å². The van der Waals surface area contributed by atoms with Crippen molar-refractivity contribution in [2.75, 3.05) is 13.1 Å². The van der Waals surface area contributed by atoms with Crippen LogP contribution in [0.5, 0.6) is 0 Å². The predicted octanol–water partition coefficient (Wildman–Crippen LogP) is -0.751. The van der Waals surface area contributed by atoms with E-state index in [0.29, 0.717) is 24.0 Å². The SMILES string of the molecule is NC1CCN(C(=O)Cn2c(=O)[nH]c3ccccc3c2=O)C1. The molecule has 1 saturated heterocycles. The second kappa shape index (κ2) is 5.17. The van der Waals surface area contributed by atoms with E-state index in [1.807, 2.05) is 0 Å². The molecule has 110 valence electrons. The van der Waals surface area contributed by atoms with Crippen LogP contribution in [0, 0.1) is 0 Å². The quantitative estimate of drug-likeness (QED) is 0.759. The highest BCUT2D eigenvalue weighted by Crippen LogP contribution is 2.08. The molecule has 3 N–H and O–H groups in total. The van der Waals surface area contributed by atoms with Gasteiger partial charge in [-0.2, -0.15) is 0 Å². The number of fused-ring (bicyclic) bond motifs is 1. The second-order valence-corrected chi connectivity index (χ2v) is 5.26. The minimum Gasteiger partial charge on any atom is -0.340 e. The van der Waals surface area contributed by atoms with Crippen LogP contribution >= 0.6 is 0 Å². The monoisotopic (exact) mass is 288 g/mol. The zero-order valence-corrected chi connectivity index (χ0v) is 11.4. The van der Waals surface area contributed by atoms with Crippen molar-refractivity contribution >= 4 is 16.8 Å². The maximum Gasteiger partial charge on any atom is 0.329 e. The molecular formula is C14H16N4O3. The smallest absolute Gasteiger partial charge is 0.329 e. The Morgan fingerprint density at radius 1 is 1.33 bits per heavy atom. The number of hydrogen-bond donors (Lipinski definition) is 2. The predicted molar refractivity (Wildman–Crippen MR) is 78.0 cm³/mol. The van der Waals surface area contributed by atoms with E-state index >= 15 is 0 Å². The van der Waals surface area contributed by atoms with Crippen molar-refractivity contribution in [3.8, 4) is 0 Å². The molecule has 0 radical (unpaired) electrons. The summed E-state index contributed by atoms with van der Waals surface area (Å²) in [7, 11) is 0. The van der Waals surface area contributed by atoms with Gasteiger partial charge in [0.25, 0.3) is 5.56 Å². The molecule has 1 amide bonds. The zero-order valence-electron chi connectivity index (χ0n) is 11.4. The van der Waals surface area contributed by atoms with E-state index in [2.05, 4.69) is 4.98 Å². The number of para-hydroxylation sites is 1. The summed E-state index contributed by atoms with van der Waals surface area (Å²) in [5, 5.41) is 0.392. The molecule has 1 unspecified atom stereocenters. The van der Waals surface area contributed by atoms with Gasteiger partial charge < -0.3 is 15.6 Å². The van der Waals surface area contributed by atoms with Gasteiger partial charge in [0.2, 0.25) is 5.91 Å². The average Bonchev–Trinajstić information content (AvgIpc) is 2.90. The number of nitrogens with one attached hydrogen (secondary N) is 1. The van der Waals surface area contributed by atoms with Crippen molar-refractivity contribution in [2.24, 2.45) is 5.73 Å². The highest BCUT2D eigenvalue weighted by atomic mass is 16.2. The Bertz CT molecular complexity index is 808. The molecule has 3 rings (SSSR count). The normalized spacial score (nSPS) is 18.3. The van der Waals surface area contributed by atoms with E-state index in [4.69, 9.17) is 5.73 Å². The van der Waals surface area contributed by atoms with Crippen molar-refractivity contribution < 1.29 is 4.79 Å². The topological polar surface area (TPSA) is 101 Å². The first kappa shape index (κ1) is 13.6. The van der Waals surface area contributed by atoms with Crippen molar-refractivity contribution in [1.82, 2.24) is 14.5 Å². The second-order valence-electron chi connectivity index (χ2n) is 5.26. The van der Waals surface area contributed by atoms with Crippen molar-refractivity contribution in [1.29, 1.82) is 0 Å². The summed E-state index contributed by atoms with van der Waals surface area (Å²) in [6.45, 7) is 0.783. The molecule has 0 saturated carbocycles. The van der Waals surface area contributed by atoms with Crippen molar-refractivity contribution in [2.45, 2.75) is 19.0 Å². The van der Waals surface area contributed by atoms with Crippen LogP contribution in [0.2, 0.25) is 0 Å². The van der Waals surface area contributed by atoms with Crippen LogP contribution in [0.1, 0.15) is 6.42 Å². The molecule has 7 heteroatoms. The van der Waals surface area contributed by atoms with Gasteiger partial charge in [-0.1, -0.05) is 12.1 Å². The maximum atomic E-state index is 12.3. The first-order valence-corrected chi connectivity index (χ1v) is 6.81. The molecule has 7 nitrogen and oxygen atoms in total. The summed E-state index contributed by atoms with van der Waals surface area (Å²) >= 11 is 0. The lowest BCUT2D eigenvalue weighted by atomic mass is 10.2. The molecule has 21 heavy (non-hydrogen) atoms. The number of hydrogen-bond acceptors (Lipinski definition) is 4. The van der Waals surface area contributed by atoms with Crippen LogP contribution in [0.3, 0.4) is 0 Å². The van der Waals surface area contributed by atoms with Crippen LogP contribution < -0.4 is 17.0 Å². The Balaban J connectivity index is 1.96. The molecule has 2 aromatic rings. The summed E-state index contributed by atoms with van der Waals surface area (Å²) in [6, 6.07) is 6.71. The number of aromatic amines is 1. The first-order chi connectivity index (χ1) is 10.1. The summed E-state index contributed by atoms with van der Waals surface area (Å²) in [5.74, 6) is -0.258. The van der Waals surface area contributed by atoms with Crippen LogP contribution in [0.25, 0.3) is 10.9 Å². The van der Waals surface area contributed by atoms with Gasteiger partial charge in [0, 0.05) is 19.1 Å². The van der Waals surface area contributed by atoms with Gasteiger partial charge in [-0.05, 0) is 18.6 Å². The fourth-order valence-corrected chi connectivity index (χ4v) is 2.59. The lowest BCUT2D eigenvalue weighted by Crippen LogP contribution is -2.42. The van der Waals surface area contributed by atoms with E-state index in [1.54, 1.807) is 29.2 Å². The number of nitrogens with zero attached hydrogens (tertiary/aromatic N) is 2. The van der Waals surface area contributed by atoms with Gasteiger partial charge >= 0.3 is 5.69 Å². The molecule has 0 bridgehead atoms. The van der Waals surface area contributed by atoms with Gasteiger partial charge in [0.1, 0.15) is 6.54 Å². The Labute approximate surface area is 120 Å². The number of benzene rings is 1.